The van der Waals surface area contributed by atoms with E-state index in [1.165, 1.54) is 0 Å². The predicted octanol–water partition coefficient (Wildman–Crippen LogP) is 1.90. The van der Waals surface area contributed by atoms with Crippen LogP contribution in [-0.2, 0) is 0 Å². The number of amides is 2. The van der Waals surface area contributed by atoms with Crippen molar-refractivity contribution in [3.05, 3.63) is 34.9 Å². The van der Waals surface area contributed by atoms with Gasteiger partial charge in [0.2, 0.25) is 0 Å². The monoisotopic (exact) mass is 249 g/mol. The molecule has 0 unspecified atom stereocenters. The second-order valence-electron chi connectivity index (χ2n) is 2.93. The number of hydrogen-bond acceptors (Lipinski definition) is 2. The summed E-state index contributed by atoms with van der Waals surface area (Å²) >= 11 is 0. The van der Waals surface area contributed by atoms with Crippen molar-refractivity contribution in [2.75, 3.05) is 0 Å². The summed E-state index contributed by atoms with van der Waals surface area (Å²) in [5.74, 6) is -2.35. The van der Waals surface area contributed by atoms with E-state index < -0.39 is 29.7 Å². The molecule has 0 aliphatic rings. The van der Waals surface area contributed by atoms with E-state index in [1.54, 1.807) is 5.43 Å². The molecule has 8 heteroatoms. The van der Waals surface area contributed by atoms with Gasteiger partial charge in [-0.2, -0.15) is 5.10 Å². The Labute approximate surface area is 93.1 Å². The molecule has 17 heavy (non-hydrogen) atoms. The number of benzene rings is 1. The number of nitrogens with one attached hydrogen (secondary N) is 1. The molecule has 0 aromatic heterocycles. The van der Waals surface area contributed by atoms with E-state index in [1.807, 2.05) is 0 Å². The highest BCUT2D eigenvalue weighted by atomic mass is 19.3. The summed E-state index contributed by atoms with van der Waals surface area (Å²) in [7, 11) is 0. The van der Waals surface area contributed by atoms with Gasteiger partial charge in [0.05, 0.1) is 11.8 Å². The van der Waals surface area contributed by atoms with Crippen LogP contribution in [0.15, 0.2) is 17.2 Å². The molecular formula is C9H7F4N3O. The number of hydrogen-bond donors (Lipinski definition) is 2. The molecule has 1 aromatic rings. The molecule has 0 saturated heterocycles. The molecule has 0 aliphatic heterocycles. The first-order valence-electron chi connectivity index (χ1n) is 4.27. The van der Waals surface area contributed by atoms with E-state index in [0.717, 1.165) is 6.21 Å². The maximum atomic E-state index is 13.2. The van der Waals surface area contributed by atoms with Crippen molar-refractivity contribution in [2.45, 2.75) is 6.43 Å². The van der Waals surface area contributed by atoms with Gasteiger partial charge in [-0.1, -0.05) is 0 Å². The predicted molar refractivity (Wildman–Crippen MR) is 51.6 cm³/mol. The lowest BCUT2D eigenvalue weighted by Gasteiger charge is -2.04. The van der Waals surface area contributed by atoms with E-state index in [2.05, 4.69) is 10.8 Å². The molecule has 1 rings (SSSR count). The molecule has 0 saturated carbocycles. The van der Waals surface area contributed by atoms with Crippen molar-refractivity contribution < 1.29 is 22.4 Å². The van der Waals surface area contributed by atoms with Gasteiger partial charge in [-0.25, -0.2) is 27.8 Å². The van der Waals surface area contributed by atoms with Crippen molar-refractivity contribution in [1.29, 1.82) is 0 Å². The first-order valence-corrected chi connectivity index (χ1v) is 4.27. The van der Waals surface area contributed by atoms with Crippen LogP contribution in [0, 0.1) is 11.6 Å². The standard InChI is InChI=1S/C9H7F4N3O/c10-6-2-5(8(12)13)7(11)1-4(6)3-15-16-9(14)17/h1-3,8H,(H3,14,16,17). The van der Waals surface area contributed by atoms with Crippen molar-refractivity contribution in [1.82, 2.24) is 5.43 Å². The molecule has 0 spiro atoms. The van der Waals surface area contributed by atoms with Gasteiger partial charge in [0, 0.05) is 5.56 Å². The fourth-order valence-corrected chi connectivity index (χ4v) is 1.01. The Kier molecular flexibility index (Phi) is 4.02. The second-order valence-corrected chi connectivity index (χ2v) is 2.93. The molecule has 0 atom stereocenters. The van der Waals surface area contributed by atoms with Gasteiger partial charge in [-0.15, -0.1) is 0 Å². The Bertz CT molecular complexity index is 462. The number of urea groups is 1. The van der Waals surface area contributed by atoms with Crippen LogP contribution < -0.4 is 11.2 Å². The summed E-state index contributed by atoms with van der Waals surface area (Å²) in [5, 5.41) is 3.17. The van der Waals surface area contributed by atoms with Gasteiger partial charge >= 0.3 is 6.03 Å². The molecule has 0 heterocycles. The van der Waals surface area contributed by atoms with Crippen molar-refractivity contribution in [2.24, 2.45) is 10.8 Å². The molecule has 3 N–H and O–H groups in total. The Balaban J connectivity index is 2.99. The third kappa shape index (κ3) is 3.44. The highest BCUT2D eigenvalue weighted by Crippen LogP contribution is 2.24. The molecule has 1 aromatic carbocycles. The fraction of sp³-hybridized carbons (Fsp3) is 0.111. The SMILES string of the molecule is NC(=O)NN=Cc1cc(F)c(C(F)F)cc1F. The van der Waals surface area contributed by atoms with Gasteiger partial charge in [0.15, 0.2) is 0 Å². The average Bonchev–Trinajstić information content (AvgIpc) is 2.21. The zero-order chi connectivity index (χ0) is 13.0. The highest BCUT2D eigenvalue weighted by Gasteiger charge is 2.16. The number of nitrogens with two attached hydrogens (primary N) is 1. The first kappa shape index (κ1) is 12.9. The van der Waals surface area contributed by atoms with Crippen LogP contribution in [-0.4, -0.2) is 12.2 Å². The van der Waals surface area contributed by atoms with Crippen LogP contribution in [0.1, 0.15) is 17.6 Å². The number of halogens is 4. The minimum Gasteiger partial charge on any atom is -0.350 e. The van der Waals surface area contributed by atoms with Gasteiger partial charge in [-0.05, 0) is 12.1 Å². The molecule has 92 valence electrons. The van der Waals surface area contributed by atoms with E-state index in [4.69, 9.17) is 0 Å². The van der Waals surface area contributed by atoms with Crippen LogP contribution in [0.2, 0.25) is 0 Å². The first-order chi connectivity index (χ1) is 7.91. The molecular weight excluding hydrogens is 242 g/mol. The maximum absolute atomic E-state index is 13.2. The number of carbonyl (C=O) groups excluding carboxylic acids is 1. The van der Waals surface area contributed by atoms with Crippen molar-refractivity contribution >= 4 is 12.2 Å². The Hall–Kier alpha value is -2.12. The summed E-state index contributed by atoms with van der Waals surface area (Å²) in [5.41, 5.74) is 4.98. The zero-order valence-corrected chi connectivity index (χ0v) is 8.25. The van der Waals surface area contributed by atoms with Crippen LogP contribution in [0.4, 0.5) is 22.4 Å². The largest absolute Gasteiger partial charge is 0.350 e. The molecule has 0 bridgehead atoms. The number of rotatable bonds is 3. The van der Waals surface area contributed by atoms with E-state index in [9.17, 15) is 22.4 Å². The van der Waals surface area contributed by atoms with Gasteiger partial charge in [-0.3, -0.25) is 0 Å². The number of alkyl halides is 2. The van der Waals surface area contributed by atoms with Gasteiger partial charge < -0.3 is 5.73 Å². The molecule has 0 radical (unpaired) electrons. The quantitative estimate of drug-likeness (QED) is 0.479. The van der Waals surface area contributed by atoms with Crippen molar-refractivity contribution in [3.63, 3.8) is 0 Å². The summed E-state index contributed by atoms with van der Waals surface area (Å²) in [6.45, 7) is 0. The lowest BCUT2D eigenvalue weighted by atomic mass is 10.1. The minimum absolute atomic E-state index is 0.367. The third-order valence-electron chi connectivity index (χ3n) is 1.73. The summed E-state index contributed by atoms with van der Waals surface area (Å²) in [6, 6.07) is -0.0828. The highest BCUT2D eigenvalue weighted by molar-refractivity contribution is 5.81. The van der Waals surface area contributed by atoms with Crippen LogP contribution in [0.25, 0.3) is 0 Å². The normalized spacial score (nSPS) is 11.1. The lowest BCUT2D eigenvalue weighted by Crippen LogP contribution is -2.24. The summed E-state index contributed by atoms with van der Waals surface area (Å²) in [6.07, 6.45) is -2.36. The van der Waals surface area contributed by atoms with Gasteiger partial charge in [0.25, 0.3) is 6.43 Å². The zero-order valence-electron chi connectivity index (χ0n) is 8.25. The van der Waals surface area contributed by atoms with E-state index >= 15 is 0 Å². The Morgan fingerprint density at radius 2 is 2.00 bits per heavy atom. The average molecular weight is 249 g/mol. The van der Waals surface area contributed by atoms with Gasteiger partial charge in [0.1, 0.15) is 11.6 Å². The summed E-state index contributed by atoms with van der Waals surface area (Å²) in [4.78, 5) is 10.2. The van der Waals surface area contributed by atoms with Crippen LogP contribution in [0.5, 0.6) is 0 Å². The topological polar surface area (TPSA) is 67.5 Å². The molecule has 0 aliphatic carbocycles. The van der Waals surface area contributed by atoms with Crippen LogP contribution >= 0.6 is 0 Å². The molecule has 4 nitrogen and oxygen atoms in total. The number of hydrazone groups is 1. The third-order valence-corrected chi connectivity index (χ3v) is 1.73. The lowest BCUT2D eigenvalue weighted by molar-refractivity contribution is 0.146. The van der Waals surface area contributed by atoms with Crippen molar-refractivity contribution in [3.8, 4) is 0 Å². The number of nitrogens with zero attached hydrogens (tertiary/aromatic N) is 1. The Morgan fingerprint density at radius 3 is 2.53 bits per heavy atom. The second kappa shape index (κ2) is 5.28. The van der Waals surface area contributed by atoms with Crippen LogP contribution in [0.3, 0.4) is 0 Å². The smallest absolute Gasteiger partial charge is 0.332 e. The number of primary amides is 1. The molecule has 2 amide bonds. The maximum Gasteiger partial charge on any atom is 0.332 e. The molecule has 0 fully saturated rings. The van der Waals surface area contributed by atoms with E-state index in [-0.39, 0.29) is 5.56 Å². The number of carbonyl (C=O) groups is 1. The minimum atomic E-state index is -3.11. The summed E-state index contributed by atoms with van der Waals surface area (Å²) < 4.78 is 50.6. The fourth-order valence-electron chi connectivity index (χ4n) is 1.01. The Morgan fingerprint density at radius 1 is 1.35 bits per heavy atom. The van der Waals surface area contributed by atoms with E-state index in [0.29, 0.717) is 12.1 Å².